The van der Waals surface area contributed by atoms with Crippen LogP contribution in [0.4, 0.5) is 10.5 Å². The number of quaternary nitrogens is 1. The molecule has 0 spiro atoms. The van der Waals surface area contributed by atoms with Gasteiger partial charge in [0, 0.05) is 6.20 Å². The summed E-state index contributed by atoms with van der Waals surface area (Å²) in [5.74, 6) is -0.905. The molecule has 0 saturated heterocycles. The lowest BCUT2D eigenvalue weighted by Crippen LogP contribution is -2.46. The number of para-hydroxylation sites is 2. The molecule has 1 aromatic heterocycles. The average Bonchev–Trinajstić information content (AvgIpc) is 3.18. The standard InChI is InChI=1S/C14H13N3O4.C4H12NO3/c1-2-21-14(20)17-8-12-15-9(13(18)19)7-16(12)10-5-3-4-6-11(10)17;1-5(2-6,3-7)4-8/h3-7H,2,8H2,1H3,(H,18,19);6-8H,2-4H2,1H3/q;+1/p-1. The first-order valence-electron chi connectivity index (χ1n) is 8.79. The maximum Gasteiger partial charge on any atom is 0.414 e. The van der Waals surface area contributed by atoms with Crippen molar-refractivity contribution in [3.05, 3.63) is 42.0 Å². The molecule has 0 bridgehead atoms. The highest BCUT2D eigenvalue weighted by Gasteiger charge is 2.28. The number of rotatable bonds is 5. The number of hydrogen-bond acceptors (Lipinski definition) is 8. The minimum absolute atomic E-state index is 0.125. The van der Waals surface area contributed by atoms with Gasteiger partial charge in [0.25, 0.3) is 0 Å². The van der Waals surface area contributed by atoms with Gasteiger partial charge in [0.2, 0.25) is 0 Å². The molecule has 11 nitrogen and oxygen atoms in total. The van der Waals surface area contributed by atoms with Crippen LogP contribution in [0, 0.1) is 0 Å². The maximum absolute atomic E-state index is 12.0. The highest BCUT2D eigenvalue weighted by atomic mass is 16.6. The van der Waals surface area contributed by atoms with Gasteiger partial charge in [-0.25, -0.2) is 9.78 Å². The highest BCUT2D eigenvalue weighted by molar-refractivity contribution is 5.91. The number of anilines is 1. The smallest absolute Gasteiger partial charge is 0.414 e. The molecular weight excluding hydrogens is 384 g/mol. The van der Waals surface area contributed by atoms with Crippen molar-refractivity contribution in [2.75, 3.05) is 38.7 Å². The summed E-state index contributed by atoms with van der Waals surface area (Å²) >= 11 is 0. The van der Waals surface area contributed by atoms with Crippen LogP contribution in [0.5, 0.6) is 0 Å². The number of aliphatic hydroxyl groups is 3. The Morgan fingerprint density at radius 1 is 1.17 bits per heavy atom. The van der Waals surface area contributed by atoms with Crippen LogP contribution in [0.2, 0.25) is 0 Å². The van der Waals surface area contributed by atoms with E-state index in [-0.39, 0.29) is 43.5 Å². The molecule has 0 atom stereocenters. The maximum atomic E-state index is 12.0. The van der Waals surface area contributed by atoms with E-state index in [9.17, 15) is 14.7 Å². The van der Waals surface area contributed by atoms with Crippen molar-refractivity contribution in [1.82, 2.24) is 9.55 Å². The van der Waals surface area contributed by atoms with Crippen LogP contribution in [-0.2, 0) is 11.3 Å². The molecule has 11 heteroatoms. The number of aromatic nitrogens is 2. The Morgan fingerprint density at radius 3 is 2.24 bits per heavy atom. The van der Waals surface area contributed by atoms with E-state index in [0.717, 1.165) is 0 Å². The van der Waals surface area contributed by atoms with Gasteiger partial charge in [0.15, 0.2) is 20.2 Å². The molecule has 29 heavy (non-hydrogen) atoms. The molecule has 0 radical (unpaired) electrons. The number of carboxylic acid groups (broad SMARTS) is 1. The molecule has 1 amide bonds. The van der Waals surface area contributed by atoms with Gasteiger partial charge >= 0.3 is 6.09 Å². The molecule has 1 aliphatic rings. The van der Waals surface area contributed by atoms with E-state index in [1.165, 1.54) is 11.1 Å². The van der Waals surface area contributed by atoms with E-state index in [4.69, 9.17) is 20.1 Å². The van der Waals surface area contributed by atoms with Crippen LogP contribution < -0.4 is 10.0 Å². The van der Waals surface area contributed by atoms with Crippen molar-refractivity contribution in [2.45, 2.75) is 13.5 Å². The summed E-state index contributed by atoms with van der Waals surface area (Å²) in [6, 6.07) is 7.15. The minimum atomic E-state index is -1.35. The van der Waals surface area contributed by atoms with E-state index < -0.39 is 12.1 Å². The summed E-state index contributed by atoms with van der Waals surface area (Å²) in [4.78, 5) is 28.4. The van der Waals surface area contributed by atoms with Gasteiger partial charge in [-0.1, -0.05) is 12.1 Å². The van der Waals surface area contributed by atoms with E-state index >= 15 is 0 Å². The monoisotopic (exact) mass is 408 g/mol. The van der Waals surface area contributed by atoms with Crippen LogP contribution in [0.1, 0.15) is 23.2 Å². The Kier molecular flexibility index (Phi) is 7.29. The van der Waals surface area contributed by atoms with Crippen LogP contribution in [0.25, 0.3) is 5.69 Å². The van der Waals surface area contributed by atoms with Gasteiger partial charge in [0.1, 0.15) is 11.5 Å². The number of ether oxygens (including phenoxy) is 1. The van der Waals surface area contributed by atoms with Crippen molar-refractivity contribution in [3.8, 4) is 5.69 Å². The number of aromatic carboxylic acids is 1. The normalized spacial score (nSPS) is 12.4. The lowest BCUT2D eigenvalue weighted by Gasteiger charge is -2.29. The van der Waals surface area contributed by atoms with Crippen molar-refractivity contribution >= 4 is 17.7 Å². The lowest BCUT2D eigenvalue weighted by molar-refractivity contribution is -0.959. The Morgan fingerprint density at radius 2 is 1.76 bits per heavy atom. The summed E-state index contributed by atoms with van der Waals surface area (Å²) in [6.45, 7) is 1.40. The van der Waals surface area contributed by atoms with Gasteiger partial charge in [-0.05, 0) is 19.1 Å². The summed E-state index contributed by atoms with van der Waals surface area (Å²) in [7, 11) is 1.54. The highest BCUT2D eigenvalue weighted by Crippen LogP contribution is 2.32. The molecule has 3 rings (SSSR count). The molecular formula is C18H24N4O7. The number of benzene rings is 1. The van der Waals surface area contributed by atoms with E-state index in [1.54, 1.807) is 42.8 Å². The molecule has 0 fully saturated rings. The third-order valence-electron chi connectivity index (χ3n) is 4.23. The van der Waals surface area contributed by atoms with Gasteiger partial charge in [-0.3, -0.25) is 14.0 Å². The molecule has 158 valence electrons. The molecule has 0 unspecified atom stereocenters. The molecule has 2 aromatic rings. The number of carbonyl (C=O) groups is 2. The second-order valence-corrected chi connectivity index (χ2v) is 6.52. The predicted molar refractivity (Wildman–Crippen MR) is 98.5 cm³/mol. The number of carbonyl (C=O) groups excluding carboxylic acids is 2. The molecule has 1 aliphatic heterocycles. The quantitative estimate of drug-likeness (QED) is 0.421. The number of aliphatic hydroxyl groups excluding tert-OH is 3. The van der Waals surface area contributed by atoms with Gasteiger partial charge < -0.3 is 30.0 Å². The first-order valence-corrected chi connectivity index (χ1v) is 8.79. The van der Waals surface area contributed by atoms with Crippen LogP contribution >= 0.6 is 0 Å². The van der Waals surface area contributed by atoms with E-state index in [1.807, 2.05) is 0 Å². The van der Waals surface area contributed by atoms with Crippen molar-refractivity contribution in [2.24, 2.45) is 0 Å². The number of nitrogens with zero attached hydrogens (tertiary/aromatic N) is 4. The molecule has 0 aliphatic carbocycles. The lowest BCUT2D eigenvalue weighted by atomic mass is 10.2. The predicted octanol–water partition coefficient (Wildman–Crippen LogP) is -1.01. The van der Waals surface area contributed by atoms with Crippen molar-refractivity contribution in [3.63, 3.8) is 0 Å². The fraction of sp³-hybridized carbons (Fsp3) is 0.389. The Labute approximate surface area is 167 Å². The number of amides is 1. The first kappa shape index (κ1) is 22.3. The second-order valence-electron chi connectivity index (χ2n) is 6.52. The van der Waals surface area contributed by atoms with Gasteiger partial charge in [-0.2, -0.15) is 0 Å². The van der Waals surface area contributed by atoms with Crippen LogP contribution in [-0.4, -0.2) is 75.3 Å². The van der Waals surface area contributed by atoms with E-state index in [2.05, 4.69) is 4.98 Å². The third-order valence-corrected chi connectivity index (χ3v) is 4.23. The number of hydrogen-bond donors (Lipinski definition) is 3. The number of carboxylic acids is 1. The fourth-order valence-corrected chi connectivity index (χ4v) is 2.46. The summed E-state index contributed by atoms with van der Waals surface area (Å²) in [6.07, 6.45) is 0.903. The largest absolute Gasteiger partial charge is 0.543 e. The number of fused-ring (bicyclic) bond motifs is 3. The molecule has 0 saturated carbocycles. The number of imidazole rings is 1. The Hall–Kier alpha value is -2.99. The molecule has 3 N–H and O–H groups in total. The summed E-state index contributed by atoms with van der Waals surface area (Å²) in [5, 5.41) is 36.3. The summed E-state index contributed by atoms with van der Waals surface area (Å²) < 4.78 is 6.55. The van der Waals surface area contributed by atoms with Crippen molar-refractivity contribution in [1.29, 1.82) is 0 Å². The Balaban J connectivity index is 0.000000321. The van der Waals surface area contributed by atoms with Crippen LogP contribution in [0.3, 0.4) is 0 Å². The zero-order valence-corrected chi connectivity index (χ0v) is 16.2. The van der Waals surface area contributed by atoms with Crippen LogP contribution in [0.15, 0.2) is 30.5 Å². The van der Waals surface area contributed by atoms with Crippen molar-refractivity contribution < 1.29 is 39.2 Å². The van der Waals surface area contributed by atoms with Gasteiger partial charge in [-0.15, -0.1) is 0 Å². The molecule has 2 heterocycles. The van der Waals surface area contributed by atoms with Gasteiger partial charge in [0.05, 0.1) is 37.5 Å². The SMILES string of the molecule is CCOC(=O)N1Cc2nc(C(=O)[O-])cn2-c2ccccc21.C[N+](CO)(CO)CO. The second kappa shape index (κ2) is 9.47. The minimum Gasteiger partial charge on any atom is -0.543 e. The third kappa shape index (κ3) is 4.90. The topological polar surface area (TPSA) is 148 Å². The van der Waals surface area contributed by atoms with E-state index in [0.29, 0.717) is 17.2 Å². The molecule has 1 aromatic carbocycles. The summed E-state index contributed by atoms with van der Waals surface area (Å²) in [5.41, 5.74) is 1.16. The fourth-order valence-electron chi connectivity index (χ4n) is 2.46. The first-order chi connectivity index (χ1) is 13.8. The zero-order chi connectivity index (χ0) is 21.6. The Bertz CT molecular complexity index is 855. The average molecular weight is 408 g/mol. The zero-order valence-electron chi connectivity index (χ0n) is 16.2.